The molecule has 0 amide bonds. The molecular formula is C27H39NO3. The average Bonchev–Trinajstić information content (AvgIpc) is 2.84. The molecule has 170 valence electrons. The minimum atomic E-state index is -0.680. The zero-order valence-electron chi connectivity index (χ0n) is 19.0. The van der Waals surface area contributed by atoms with Crippen LogP contribution in [-0.2, 0) is 9.59 Å². The molecule has 31 heavy (non-hydrogen) atoms. The summed E-state index contributed by atoms with van der Waals surface area (Å²) >= 11 is 0. The molecule has 1 aromatic rings. The molecule has 1 N–H and O–H groups in total. The molecule has 0 aliphatic heterocycles. The summed E-state index contributed by atoms with van der Waals surface area (Å²) in [7, 11) is 0. The second kappa shape index (κ2) is 12.2. The molecule has 2 aliphatic carbocycles. The Balaban J connectivity index is 1.66. The molecular weight excluding hydrogens is 386 g/mol. The van der Waals surface area contributed by atoms with Gasteiger partial charge in [-0.25, -0.2) is 0 Å². The molecule has 2 unspecified atom stereocenters. The SMILES string of the molecule is CC(C(O)c1ccccc1)N(/C=C/C(=O)C1CCCCC1)CCC(=O)C1CCCCC1. The summed E-state index contributed by atoms with van der Waals surface area (Å²) in [6.45, 7) is 2.51. The fourth-order valence-corrected chi connectivity index (χ4v) is 5.08. The molecule has 1 aromatic carbocycles. The van der Waals surface area contributed by atoms with Crippen molar-refractivity contribution in [3.8, 4) is 0 Å². The first-order chi connectivity index (χ1) is 15.1. The molecule has 0 bridgehead atoms. The molecule has 2 fully saturated rings. The van der Waals surface area contributed by atoms with E-state index in [0.717, 1.165) is 56.9 Å². The van der Waals surface area contributed by atoms with E-state index in [2.05, 4.69) is 0 Å². The van der Waals surface area contributed by atoms with Crippen molar-refractivity contribution in [1.82, 2.24) is 4.90 Å². The zero-order valence-corrected chi connectivity index (χ0v) is 19.0. The summed E-state index contributed by atoms with van der Waals surface area (Å²) in [5.74, 6) is 0.839. The standard InChI is InChI=1S/C27H39NO3/c1-21(27(31)24-15-9-4-10-16-24)28(19-17-25(29)22-11-5-2-6-12-22)20-18-26(30)23-13-7-3-8-14-23/h4,9-10,15-17,19,21-23,27,31H,2-3,5-8,11-14,18,20H2,1H3/b19-17+. The summed E-state index contributed by atoms with van der Waals surface area (Å²) in [6.07, 6.45) is 14.3. The first-order valence-electron chi connectivity index (χ1n) is 12.3. The van der Waals surface area contributed by atoms with E-state index in [9.17, 15) is 14.7 Å². The Morgan fingerprint density at radius 2 is 1.55 bits per heavy atom. The van der Waals surface area contributed by atoms with Gasteiger partial charge in [-0.15, -0.1) is 0 Å². The number of aliphatic hydroxyl groups excluding tert-OH is 1. The summed E-state index contributed by atoms with van der Waals surface area (Å²) in [5, 5.41) is 10.9. The number of aliphatic hydroxyl groups is 1. The van der Waals surface area contributed by atoms with Crippen LogP contribution in [-0.4, -0.2) is 34.2 Å². The maximum atomic E-state index is 12.8. The molecule has 2 atom stereocenters. The highest BCUT2D eigenvalue weighted by molar-refractivity contribution is 5.91. The van der Waals surface area contributed by atoms with Gasteiger partial charge in [-0.1, -0.05) is 68.9 Å². The van der Waals surface area contributed by atoms with Gasteiger partial charge in [0.15, 0.2) is 5.78 Å². The molecule has 0 radical (unpaired) electrons. The van der Waals surface area contributed by atoms with E-state index in [1.54, 1.807) is 6.08 Å². The monoisotopic (exact) mass is 425 g/mol. The summed E-state index contributed by atoms with van der Waals surface area (Å²) in [5.41, 5.74) is 0.852. The van der Waals surface area contributed by atoms with Gasteiger partial charge in [0.05, 0.1) is 12.1 Å². The topological polar surface area (TPSA) is 57.6 Å². The van der Waals surface area contributed by atoms with Gasteiger partial charge in [0.2, 0.25) is 0 Å². The van der Waals surface area contributed by atoms with Crippen LogP contribution in [0.4, 0.5) is 0 Å². The predicted octanol–water partition coefficient (Wildman–Crippen LogP) is 5.61. The van der Waals surface area contributed by atoms with Crippen LogP contribution < -0.4 is 0 Å². The van der Waals surface area contributed by atoms with Crippen LogP contribution in [0.2, 0.25) is 0 Å². The van der Waals surface area contributed by atoms with Crippen molar-refractivity contribution in [3.05, 3.63) is 48.2 Å². The molecule has 0 saturated heterocycles. The predicted molar refractivity (Wildman–Crippen MR) is 124 cm³/mol. The maximum Gasteiger partial charge on any atom is 0.160 e. The fourth-order valence-electron chi connectivity index (χ4n) is 5.08. The van der Waals surface area contributed by atoms with Crippen LogP contribution in [0.1, 0.15) is 89.2 Å². The number of hydrogen-bond donors (Lipinski definition) is 1. The number of nitrogens with zero attached hydrogens (tertiary/aromatic N) is 1. The number of ketones is 2. The quantitative estimate of drug-likeness (QED) is 0.495. The van der Waals surface area contributed by atoms with Crippen LogP contribution in [0, 0.1) is 11.8 Å². The van der Waals surface area contributed by atoms with Crippen LogP contribution in [0.3, 0.4) is 0 Å². The Labute approximate surface area is 187 Å². The van der Waals surface area contributed by atoms with Crippen molar-refractivity contribution in [2.75, 3.05) is 6.54 Å². The van der Waals surface area contributed by atoms with Gasteiger partial charge >= 0.3 is 0 Å². The lowest BCUT2D eigenvalue weighted by Gasteiger charge is -2.32. The van der Waals surface area contributed by atoms with Crippen LogP contribution in [0.25, 0.3) is 0 Å². The van der Waals surface area contributed by atoms with Gasteiger partial charge in [-0.05, 0) is 44.2 Å². The van der Waals surface area contributed by atoms with Crippen molar-refractivity contribution in [3.63, 3.8) is 0 Å². The van der Waals surface area contributed by atoms with E-state index in [-0.39, 0.29) is 23.7 Å². The molecule has 4 heteroatoms. The highest BCUT2D eigenvalue weighted by Crippen LogP contribution is 2.27. The largest absolute Gasteiger partial charge is 0.386 e. The van der Waals surface area contributed by atoms with E-state index in [0.29, 0.717) is 18.7 Å². The first-order valence-corrected chi connectivity index (χ1v) is 12.3. The van der Waals surface area contributed by atoms with Crippen LogP contribution in [0.15, 0.2) is 42.6 Å². The van der Waals surface area contributed by atoms with E-state index in [1.165, 1.54) is 12.8 Å². The van der Waals surface area contributed by atoms with E-state index < -0.39 is 6.10 Å². The van der Waals surface area contributed by atoms with E-state index in [4.69, 9.17) is 0 Å². The van der Waals surface area contributed by atoms with Crippen molar-refractivity contribution in [1.29, 1.82) is 0 Å². The Hall–Kier alpha value is -1.94. The van der Waals surface area contributed by atoms with Crippen molar-refractivity contribution >= 4 is 11.6 Å². The number of Topliss-reactive ketones (excluding diaryl/α,β-unsaturated/α-hetero) is 1. The minimum Gasteiger partial charge on any atom is -0.386 e. The second-order valence-corrected chi connectivity index (χ2v) is 9.44. The molecule has 0 aromatic heterocycles. The number of hydrogen-bond acceptors (Lipinski definition) is 4. The van der Waals surface area contributed by atoms with Gasteiger partial charge < -0.3 is 10.0 Å². The molecule has 0 spiro atoms. The molecule has 4 nitrogen and oxygen atoms in total. The van der Waals surface area contributed by atoms with Crippen LogP contribution >= 0.6 is 0 Å². The third kappa shape index (κ3) is 7.03. The fraction of sp³-hybridized carbons (Fsp3) is 0.630. The van der Waals surface area contributed by atoms with Crippen molar-refractivity contribution in [2.24, 2.45) is 11.8 Å². The van der Waals surface area contributed by atoms with Gasteiger partial charge in [0.25, 0.3) is 0 Å². The van der Waals surface area contributed by atoms with E-state index >= 15 is 0 Å². The lowest BCUT2D eigenvalue weighted by molar-refractivity contribution is -0.124. The van der Waals surface area contributed by atoms with Gasteiger partial charge in [0, 0.05) is 31.0 Å². The summed E-state index contributed by atoms with van der Waals surface area (Å²) in [4.78, 5) is 27.5. The second-order valence-electron chi connectivity index (χ2n) is 9.44. The summed E-state index contributed by atoms with van der Waals surface area (Å²) in [6, 6.07) is 9.39. The smallest absolute Gasteiger partial charge is 0.160 e. The molecule has 3 rings (SSSR count). The number of carbonyl (C=O) groups excluding carboxylic acids is 2. The normalized spacial score (nSPS) is 20.5. The lowest BCUT2D eigenvalue weighted by atomic mass is 9.85. The van der Waals surface area contributed by atoms with E-state index in [1.807, 2.05) is 48.4 Å². The number of allylic oxidation sites excluding steroid dienone is 1. The summed E-state index contributed by atoms with van der Waals surface area (Å²) < 4.78 is 0. The Morgan fingerprint density at radius 1 is 0.968 bits per heavy atom. The zero-order chi connectivity index (χ0) is 22.1. The van der Waals surface area contributed by atoms with Gasteiger partial charge in [0.1, 0.15) is 5.78 Å². The Kier molecular flexibility index (Phi) is 9.32. The highest BCUT2D eigenvalue weighted by Gasteiger charge is 2.25. The maximum absolute atomic E-state index is 12.8. The lowest BCUT2D eigenvalue weighted by Crippen LogP contribution is -2.36. The van der Waals surface area contributed by atoms with Crippen molar-refractivity contribution in [2.45, 2.75) is 89.7 Å². The van der Waals surface area contributed by atoms with Crippen molar-refractivity contribution < 1.29 is 14.7 Å². The third-order valence-corrected chi connectivity index (χ3v) is 7.24. The average molecular weight is 426 g/mol. The third-order valence-electron chi connectivity index (χ3n) is 7.24. The first kappa shape index (κ1) is 23.7. The molecule has 0 heterocycles. The molecule has 2 saturated carbocycles. The Morgan fingerprint density at radius 3 is 2.16 bits per heavy atom. The van der Waals surface area contributed by atoms with Crippen LogP contribution in [0.5, 0.6) is 0 Å². The van der Waals surface area contributed by atoms with Gasteiger partial charge in [-0.2, -0.15) is 0 Å². The Bertz CT molecular complexity index is 717. The number of carbonyl (C=O) groups is 2. The number of benzene rings is 1. The molecule has 2 aliphatic rings. The highest BCUT2D eigenvalue weighted by atomic mass is 16.3. The number of rotatable bonds is 10. The van der Waals surface area contributed by atoms with Gasteiger partial charge in [-0.3, -0.25) is 9.59 Å². The minimum absolute atomic E-state index is 0.130.